The van der Waals surface area contributed by atoms with Crippen LogP contribution in [0.1, 0.15) is 25.3 Å². The van der Waals surface area contributed by atoms with Crippen LogP contribution >= 0.6 is 11.6 Å². The molecule has 8 nitrogen and oxygen atoms in total. The van der Waals surface area contributed by atoms with Crippen LogP contribution in [0.2, 0.25) is 5.02 Å². The largest absolute Gasteiger partial charge is 0.374 e. The van der Waals surface area contributed by atoms with Crippen LogP contribution in [0.3, 0.4) is 0 Å². The minimum atomic E-state index is -0.732. The molecule has 3 aromatic rings. The number of hydrogen-bond donors (Lipinski definition) is 3. The van der Waals surface area contributed by atoms with E-state index in [1.54, 1.807) is 47.0 Å². The molecule has 2 heterocycles. The SMILES string of the molecule is CC(O)Nc1ccnc2c1ccn2CC(=O)N(CC(=O)NCc1cccc(Cl)c1F)C1CC1. The van der Waals surface area contributed by atoms with E-state index in [0.29, 0.717) is 11.3 Å². The van der Waals surface area contributed by atoms with Crippen molar-refractivity contribution in [1.29, 1.82) is 0 Å². The summed E-state index contributed by atoms with van der Waals surface area (Å²) < 4.78 is 15.8. The van der Waals surface area contributed by atoms with Crippen LogP contribution in [-0.2, 0) is 22.7 Å². The summed E-state index contributed by atoms with van der Waals surface area (Å²) >= 11 is 5.78. The zero-order valence-electron chi connectivity index (χ0n) is 18.1. The van der Waals surface area contributed by atoms with E-state index in [1.165, 1.54) is 6.07 Å². The Labute approximate surface area is 195 Å². The lowest BCUT2D eigenvalue weighted by Gasteiger charge is -2.22. The molecule has 3 N–H and O–H groups in total. The number of halogens is 2. The second-order valence-corrected chi connectivity index (χ2v) is 8.51. The highest BCUT2D eigenvalue weighted by Crippen LogP contribution is 2.28. The molecule has 0 spiro atoms. The maximum atomic E-state index is 14.0. The highest BCUT2D eigenvalue weighted by molar-refractivity contribution is 6.30. The van der Waals surface area contributed by atoms with Gasteiger partial charge in [0.2, 0.25) is 11.8 Å². The normalized spacial score (nSPS) is 14.2. The van der Waals surface area contributed by atoms with E-state index in [4.69, 9.17) is 11.6 Å². The number of carbonyl (C=O) groups excluding carboxylic acids is 2. The van der Waals surface area contributed by atoms with Crippen LogP contribution < -0.4 is 10.6 Å². The average molecular weight is 474 g/mol. The molecule has 0 aliphatic heterocycles. The zero-order chi connectivity index (χ0) is 23.5. The molecule has 4 rings (SSSR count). The number of anilines is 1. The lowest BCUT2D eigenvalue weighted by atomic mass is 10.2. The molecule has 174 valence electrons. The predicted octanol–water partition coefficient (Wildman–Crippen LogP) is 2.89. The summed E-state index contributed by atoms with van der Waals surface area (Å²) in [5, 5.41) is 16.0. The summed E-state index contributed by atoms with van der Waals surface area (Å²) in [6, 6.07) is 8.21. The molecule has 1 atom stereocenters. The van der Waals surface area contributed by atoms with Crippen molar-refractivity contribution < 1.29 is 19.1 Å². The first-order valence-electron chi connectivity index (χ1n) is 10.7. The highest BCUT2D eigenvalue weighted by Gasteiger charge is 2.34. The highest BCUT2D eigenvalue weighted by atomic mass is 35.5. The molecule has 0 radical (unpaired) electrons. The number of nitrogens with one attached hydrogen (secondary N) is 2. The van der Waals surface area contributed by atoms with Gasteiger partial charge in [-0.05, 0) is 38.0 Å². The van der Waals surface area contributed by atoms with E-state index in [0.717, 1.165) is 18.2 Å². The second kappa shape index (κ2) is 9.76. The fourth-order valence-electron chi connectivity index (χ4n) is 3.70. The Hall–Kier alpha value is -3.17. The van der Waals surface area contributed by atoms with Gasteiger partial charge in [-0.25, -0.2) is 9.37 Å². The van der Waals surface area contributed by atoms with Gasteiger partial charge in [-0.15, -0.1) is 0 Å². The number of aromatic nitrogens is 2. The standard InChI is InChI=1S/C23H25ClFN5O3/c1-14(31)28-19-7-9-26-23-17(19)8-10-29(23)13-21(33)30(16-5-6-16)12-20(32)27-11-15-3-2-4-18(24)22(15)25/h2-4,7-10,14,16,31H,5-6,11-13H2,1H3,(H,26,28)(H,27,32). The molecule has 1 aliphatic rings. The van der Waals surface area contributed by atoms with Crippen LogP contribution in [0.25, 0.3) is 11.0 Å². The van der Waals surface area contributed by atoms with Gasteiger partial charge in [-0.3, -0.25) is 9.59 Å². The lowest BCUT2D eigenvalue weighted by Crippen LogP contribution is -2.43. The second-order valence-electron chi connectivity index (χ2n) is 8.10. The molecule has 1 unspecified atom stereocenters. The van der Waals surface area contributed by atoms with Gasteiger partial charge in [0.25, 0.3) is 0 Å². The van der Waals surface area contributed by atoms with Crippen molar-refractivity contribution in [3.8, 4) is 0 Å². The predicted molar refractivity (Wildman–Crippen MR) is 123 cm³/mol. The monoisotopic (exact) mass is 473 g/mol. The Morgan fingerprint density at radius 2 is 2.12 bits per heavy atom. The number of pyridine rings is 1. The van der Waals surface area contributed by atoms with Crippen molar-refractivity contribution in [1.82, 2.24) is 19.8 Å². The van der Waals surface area contributed by atoms with E-state index in [1.807, 2.05) is 6.07 Å². The van der Waals surface area contributed by atoms with E-state index in [-0.39, 0.29) is 48.1 Å². The number of carbonyl (C=O) groups is 2. The van der Waals surface area contributed by atoms with Gasteiger partial charge in [0, 0.05) is 41.6 Å². The Balaban J connectivity index is 1.42. The topological polar surface area (TPSA) is 99.5 Å². The summed E-state index contributed by atoms with van der Waals surface area (Å²) in [6.07, 6.45) is 4.32. The molecule has 1 aliphatic carbocycles. The molecule has 1 aromatic carbocycles. The Morgan fingerprint density at radius 3 is 2.85 bits per heavy atom. The summed E-state index contributed by atoms with van der Waals surface area (Å²) in [5.41, 5.74) is 1.60. The summed E-state index contributed by atoms with van der Waals surface area (Å²) in [4.78, 5) is 31.5. The minimum Gasteiger partial charge on any atom is -0.374 e. The van der Waals surface area contributed by atoms with Gasteiger partial charge < -0.3 is 25.2 Å². The van der Waals surface area contributed by atoms with Gasteiger partial charge in [-0.1, -0.05) is 23.7 Å². The third-order valence-corrected chi connectivity index (χ3v) is 5.75. The molecule has 10 heteroatoms. The quantitative estimate of drug-likeness (QED) is 0.415. The lowest BCUT2D eigenvalue weighted by molar-refractivity contribution is -0.137. The van der Waals surface area contributed by atoms with Crippen molar-refractivity contribution in [2.24, 2.45) is 0 Å². The van der Waals surface area contributed by atoms with E-state index >= 15 is 0 Å². The van der Waals surface area contributed by atoms with E-state index < -0.39 is 12.0 Å². The summed E-state index contributed by atoms with van der Waals surface area (Å²) in [5.74, 6) is -1.13. The van der Waals surface area contributed by atoms with Gasteiger partial charge in [0.05, 0.1) is 11.6 Å². The fraction of sp³-hybridized carbons (Fsp3) is 0.348. The number of benzene rings is 1. The molecule has 2 aromatic heterocycles. The van der Waals surface area contributed by atoms with E-state index in [2.05, 4.69) is 15.6 Å². The number of rotatable bonds is 9. The van der Waals surface area contributed by atoms with Gasteiger partial charge in [0.1, 0.15) is 24.2 Å². The van der Waals surface area contributed by atoms with Gasteiger partial charge in [-0.2, -0.15) is 0 Å². The first-order valence-corrected chi connectivity index (χ1v) is 11.1. The van der Waals surface area contributed by atoms with E-state index in [9.17, 15) is 19.1 Å². The van der Waals surface area contributed by atoms with Crippen molar-refractivity contribution in [3.63, 3.8) is 0 Å². The maximum absolute atomic E-state index is 14.0. The van der Waals surface area contributed by atoms with Crippen molar-refractivity contribution in [3.05, 3.63) is 59.1 Å². The van der Waals surface area contributed by atoms with Crippen molar-refractivity contribution in [2.75, 3.05) is 11.9 Å². The number of fused-ring (bicyclic) bond motifs is 1. The summed E-state index contributed by atoms with van der Waals surface area (Å²) in [6.45, 7) is 1.53. The number of nitrogens with zero attached hydrogens (tertiary/aromatic N) is 3. The molecule has 1 fully saturated rings. The van der Waals surface area contributed by atoms with Crippen LogP contribution in [0, 0.1) is 5.82 Å². The molecule has 2 amide bonds. The first kappa shape index (κ1) is 23.0. The number of hydrogen-bond acceptors (Lipinski definition) is 5. The summed E-state index contributed by atoms with van der Waals surface area (Å²) in [7, 11) is 0. The Morgan fingerprint density at radius 1 is 1.33 bits per heavy atom. The van der Waals surface area contributed by atoms with Crippen molar-refractivity contribution >= 4 is 40.1 Å². The Kier molecular flexibility index (Phi) is 6.80. The zero-order valence-corrected chi connectivity index (χ0v) is 18.8. The number of aliphatic hydroxyl groups is 1. The third kappa shape index (κ3) is 5.43. The maximum Gasteiger partial charge on any atom is 0.243 e. The third-order valence-electron chi connectivity index (χ3n) is 5.46. The van der Waals surface area contributed by atoms with Gasteiger partial charge >= 0.3 is 0 Å². The van der Waals surface area contributed by atoms with Crippen LogP contribution in [0.5, 0.6) is 0 Å². The Bertz CT molecular complexity index is 1180. The minimum absolute atomic E-state index is 0.00380. The molecule has 1 saturated carbocycles. The first-order chi connectivity index (χ1) is 15.8. The average Bonchev–Trinajstić information content (AvgIpc) is 3.53. The molecule has 33 heavy (non-hydrogen) atoms. The van der Waals surface area contributed by atoms with Crippen LogP contribution in [-0.4, -0.2) is 50.2 Å². The molecular formula is C23H25ClFN5O3. The van der Waals surface area contributed by atoms with Crippen LogP contribution in [0.15, 0.2) is 42.7 Å². The molecular weight excluding hydrogens is 449 g/mol. The van der Waals surface area contributed by atoms with Crippen LogP contribution in [0.4, 0.5) is 10.1 Å². The molecule has 0 bridgehead atoms. The number of aliphatic hydroxyl groups excluding tert-OH is 1. The van der Waals surface area contributed by atoms with Crippen molar-refractivity contribution in [2.45, 2.75) is 45.1 Å². The smallest absolute Gasteiger partial charge is 0.243 e. The fourth-order valence-corrected chi connectivity index (χ4v) is 3.90. The molecule has 0 saturated heterocycles. The number of amides is 2. The van der Waals surface area contributed by atoms with Gasteiger partial charge in [0.15, 0.2) is 0 Å².